The number of likely N-dealkylation sites (tertiary alicyclic amines) is 1. The predicted molar refractivity (Wildman–Crippen MR) is 121 cm³/mol. The van der Waals surface area contributed by atoms with Crippen LogP contribution in [0.2, 0.25) is 0 Å². The lowest BCUT2D eigenvalue weighted by Crippen LogP contribution is -2.41. The molecule has 7 heteroatoms. The summed E-state index contributed by atoms with van der Waals surface area (Å²) in [5.41, 5.74) is 3.12. The maximum atomic E-state index is 12.7. The number of carbonyl (C=O) groups is 1. The monoisotopic (exact) mass is 434 g/mol. The number of nitrogens with zero attached hydrogens (tertiary/aromatic N) is 4. The summed E-state index contributed by atoms with van der Waals surface area (Å²) >= 11 is 1.59. The van der Waals surface area contributed by atoms with E-state index in [4.69, 9.17) is 9.72 Å². The molecule has 0 N–H and O–H groups in total. The molecule has 1 aromatic carbocycles. The van der Waals surface area contributed by atoms with Gasteiger partial charge in [0.15, 0.2) is 11.8 Å². The van der Waals surface area contributed by atoms with Crippen LogP contribution in [0.3, 0.4) is 0 Å². The van der Waals surface area contributed by atoms with Crippen LogP contribution < -0.4 is 4.74 Å². The van der Waals surface area contributed by atoms with Gasteiger partial charge in [0.2, 0.25) is 0 Å². The van der Waals surface area contributed by atoms with Gasteiger partial charge in [-0.25, -0.2) is 9.97 Å². The fraction of sp³-hybridized carbons (Fsp3) is 0.333. The Morgan fingerprint density at radius 2 is 2.00 bits per heavy atom. The molecule has 160 valence electrons. The van der Waals surface area contributed by atoms with Crippen molar-refractivity contribution in [2.45, 2.75) is 36.6 Å². The number of aryl methyl sites for hydroxylation is 1. The van der Waals surface area contributed by atoms with E-state index in [0.29, 0.717) is 12.3 Å². The fourth-order valence-corrected chi connectivity index (χ4v) is 4.46. The van der Waals surface area contributed by atoms with Gasteiger partial charge in [-0.3, -0.25) is 9.78 Å². The Morgan fingerprint density at radius 3 is 2.81 bits per heavy atom. The number of hydrogen-bond acceptors (Lipinski definition) is 6. The van der Waals surface area contributed by atoms with E-state index < -0.39 is 0 Å². The summed E-state index contributed by atoms with van der Waals surface area (Å²) < 4.78 is 5.65. The van der Waals surface area contributed by atoms with Crippen LogP contribution in [0.1, 0.15) is 35.7 Å². The minimum Gasteiger partial charge on any atom is -0.484 e. The molecule has 3 heterocycles. The van der Waals surface area contributed by atoms with E-state index in [0.717, 1.165) is 47.2 Å². The van der Waals surface area contributed by atoms with Crippen molar-refractivity contribution in [2.75, 3.05) is 19.7 Å². The van der Waals surface area contributed by atoms with E-state index in [2.05, 4.69) is 9.97 Å². The molecular weight excluding hydrogens is 408 g/mol. The third kappa shape index (κ3) is 5.82. The number of piperidine rings is 1. The van der Waals surface area contributed by atoms with Gasteiger partial charge in [0.25, 0.3) is 5.91 Å². The van der Waals surface area contributed by atoms with Gasteiger partial charge in [-0.1, -0.05) is 36.0 Å². The molecule has 6 nitrogen and oxygen atoms in total. The highest BCUT2D eigenvalue weighted by molar-refractivity contribution is 7.98. The molecule has 3 aromatic rings. The first kappa shape index (κ1) is 21.3. The van der Waals surface area contributed by atoms with Crippen LogP contribution >= 0.6 is 11.8 Å². The van der Waals surface area contributed by atoms with Crippen LogP contribution in [0.5, 0.6) is 5.75 Å². The Hall–Kier alpha value is -2.93. The van der Waals surface area contributed by atoms with Gasteiger partial charge in [-0.05, 0) is 49.6 Å². The highest BCUT2D eigenvalue weighted by Crippen LogP contribution is 2.29. The molecule has 1 atom stereocenters. The van der Waals surface area contributed by atoms with E-state index >= 15 is 0 Å². The van der Waals surface area contributed by atoms with Gasteiger partial charge in [0.1, 0.15) is 5.75 Å². The Labute approximate surface area is 187 Å². The smallest absolute Gasteiger partial charge is 0.260 e. The number of para-hydroxylation sites is 1. The molecule has 0 radical (unpaired) electrons. The first-order chi connectivity index (χ1) is 15.2. The number of thioether (sulfide) groups is 1. The number of rotatable bonds is 7. The zero-order chi connectivity index (χ0) is 21.5. The van der Waals surface area contributed by atoms with Gasteiger partial charge >= 0.3 is 0 Å². The summed E-state index contributed by atoms with van der Waals surface area (Å²) in [5, 5.41) is 0.752. The van der Waals surface area contributed by atoms with Crippen molar-refractivity contribution in [3.05, 3.63) is 77.9 Å². The third-order valence-electron chi connectivity index (χ3n) is 5.33. The zero-order valence-electron chi connectivity index (χ0n) is 17.6. The van der Waals surface area contributed by atoms with Crippen molar-refractivity contribution in [3.8, 4) is 5.75 Å². The van der Waals surface area contributed by atoms with Gasteiger partial charge in [-0.15, -0.1) is 0 Å². The minimum absolute atomic E-state index is 0.0185. The molecule has 31 heavy (non-hydrogen) atoms. The Bertz CT molecular complexity index is 1000. The Balaban J connectivity index is 1.38. The van der Waals surface area contributed by atoms with Crippen LogP contribution in [0.4, 0.5) is 0 Å². The molecule has 2 aromatic heterocycles. The van der Waals surface area contributed by atoms with E-state index in [1.165, 1.54) is 0 Å². The minimum atomic E-state index is 0.0185. The van der Waals surface area contributed by atoms with E-state index in [1.54, 1.807) is 18.0 Å². The number of aromatic nitrogens is 3. The van der Waals surface area contributed by atoms with E-state index in [1.807, 2.05) is 66.6 Å². The molecule has 1 amide bonds. The number of pyridine rings is 1. The summed E-state index contributed by atoms with van der Waals surface area (Å²) in [6, 6.07) is 15.4. The molecule has 1 aliphatic rings. The molecule has 0 spiro atoms. The average Bonchev–Trinajstić information content (AvgIpc) is 2.83. The standard InChI is InChI=1S/C24H26N4O2S/c1-18-14-26-24(31-17-20-9-5-6-12-25-20)27-23(18)19-8-7-13-28(15-19)22(29)16-30-21-10-3-2-4-11-21/h2-6,9-12,14,19H,7-8,13,15-17H2,1H3. The third-order valence-corrected chi connectivity index (χ3v) is 6.23. The highest BCUT2D eigenvalue weighted by atomic mass is 32.2. The molecule has 0 bridgehead atoms. The second-order valence-electron chi connectivity index (χ2n) is 7.61. The normalized spacial score (nSPS) is 16.2. The SMILES string of the molecule is Cc1cnc(SCc2ccccn2)nc1C1CCCN(C(=O)COc2ccccc2)C1. The number of benzene rings is 1. The molecular formula is C24H26N4O2S. The molecule has 0 aliphatic carbocycles. The maximum absolute atomic E-state index is 12.7. The lowest BCUT2D eigenvalue weighted by atomic mass is 9.92. The fourth-order valence-electron chi connectivity index (χ4n) is 3.72. The van der Waals surface area contributed by atoms with Crippen LogP contribution in [0, 0.1) is 6.92 Å². The van der Waals surface area contributed by atoms with Crippen molar-refractivity contribution in [1.29, 1.82) is 0 Å². The van der Waals surface area contributed by atoms with Crippen molar-refractivity contribution >= 4 is 17.7 Å². The topological polar surface area (TPSA) is 68.2 Å². The molecule has 1 fully saturated rings. The predicted octanol–water partition coefficient (Wildman–Crippen LogP) is 4.26. The second-order valence-corrected chi connectivity index (χ2v) is 8.55. The van der Waals surface area contributed by atoms with Crippen molar-refractivity contribution in [1.82, 2.24) is 19.9 Å². The van der Waals surface area contributed by atoms with Crippen LogP contribution in [0.25, 0.3) is 0 Å². The quantitative estimate of drug-likeness (QED) is 0.409. The van der Waals surface area contributed by atoms with Crippen molar-refractivity contribution < 1.29 is 9.53 Å². The summed E-state index contributed by atoms with van der Waals surface area (Å²) in [5.74, 6) is 1.68. The van der Waals surface area contributed by atoms with Crippen LogP contribution in [-0.2, 0) is 10.5 Å². The van der Waals surface area contributed by atoms with E-state index in [9.17, 15) is 4.79 Å². The second kappa shape index (κ2) is 10.4. The van der Waals surface area contributed by atoms with Gasteiger partial charge in [0, 0.05) is 37.2 Å². The van der Waals surface area contributed by atoms with Gasteiger partial charge in [-0.2, -0.15) is 0 Å². The average molecular weight is 435 g/mol. The summed E-state index contributed by atoms with van der Waals surface area (Å²) in [6.45, 7) is 3.53. The summed E-state index contributed by atoms with van der Waals surface area (Å²) in [4.78, 5) is 28.3. The molecule has 4 rings (SSSR count). The molecule has 1 unspecified atom stereocenters. The van der Waals surface area contributed by atoms with Crippen LogP contribution in [-0.4, -0.2) is 45.5 Å². The number of amides is 1. The first-order valence-electron chi connectivity index (χ1n) is 10.5. The number of carbonyl (C=O) groups excluding carboxylic acids is 1. The molecule has 1 saturated heterocycles. The van der Waals surface area contributed by atoms with Crippen molar-refractivity contribution in [3.63, 3.8) is 0 Å². The van der Waals surface area contributed by atoms with Gasteiger partial charge in [0.05, 0.1) is 11.4 Å². The lowest BCUT2D eigenvalue weighted by Gasteiger charge is -2.33. The number of ether oxygens (including phenoxy) is 1. The summed E-state index contributed by atoms with van der Waals surface area (Å²) in [6.07, 6.45) is 5.67. The van der Waals surface area contributed by atoms with Crippen LogP contribution in [0.15, 0.2) is 66.1 Å². The van der Waals surface area contributed by atoms with Gasteiger partial charge < -0.3 is 9.64 Å². The lowest BCUT2D eigenvalue weighted by molar-refractivity contribution is -0.134. The zero-order valence-corrected chi connectivity index (χ0v) is 18.4. The number of hydrogen-bond donors (Lipinski definition) is 0. The Morgan fingerprint density at radius 1 is 1.16 bits per heavy atom. The molecule has 0 saturated carbocycles. The largest absolute Gasteiger partial charge is 0.484 e. The Kier molecular flexibility index (Phi) is 7.14. The van der Waals surface area contributed by atoms with E-state index in [-0.39, 0.29) is 18.4 Å². The summed E-state index contributed by atoms with van der Waals surface area (Å²) in [7, 11) is 0. The highest BCUT2D eigenvalue weighted by Gasteiger charge is 2.27. The maximum Gasteiger partial charge on any atom is 0.260 e. The molecule has 1 aliphatic heterocycles. The first-order valence-corrected chi connectivity index (χ1v) is 11.5. The van der Waals surface area contributed by atoms with Crippen molar-refractivity contribution in [2.24, 2.45) is 0 Å².